The lowest BCUT2D eigenvalue weighted by Gasteiger charge is -2.36. The molecule has 2 aliphatic heterocycles. The Morgan fingerprint density at radius 2 is 1.78 bits per heavy atom. The van der Waals surface area contributed by atoms with Gasteiger partial charge in [0.05, 0.1) is 27.0 Å². The van der Waals surface area contributed by atoms with Crippen LogP contribution in [0, 0.1) is 5.92 Å². The molecule has 1 amide bonds. The summed E-state index contributed by atoms with van der Waals surface area (Å²) in [7, 11) is 0. The normalized spacial score (nSPS) is 23.5. The first kappa shape index (κ1) is 23.7. The number of halogens is 1. The van der Waals surface area contributed by atoms with E-state index >= 15 is 0 Å². The molecule has 1 saturated heterocycles. The zero-order valence-electron chi connectivity index (χ0n) is 21.0. The van der Waals surface area contributed by atoms with Gasteiger partial charge in [0.15, 0.2) is 0 Å². The maximum absolute atomic E-state index is 13.1. The van der Waals surface area contributed by atoms with Crippen LogP contribution in [0.5, 0.6) is 0 Å². The Labute approximate surface area is 216 Å². The fourth-order valence-electron chi connectivity index (χ4n) is 6.57. The molecule has 188 valence electrons. The van der Waals surface area contributed by atoms with Gasteiger partial charge in [-0.05, 0) is 87.6 Å². The molecule has 36 heavy (non-hydrogen) atoms. The lowest BCUT2D eigenvalue weighted by Crippen LogP contribution is -2.43. The third-order valence-corrected chi connectivity index (χ3v) is 9.07. The van der Waals surface area contributed by atoms with Gasteiger partial charge in [-0.25, -0.2) is 0 Å². The molecular weight excluding hydrogens is 472 g/mol. The standard InChI is InChI=1S/C29H33ClN4O2/c1-29(2)21-16-19(17-12-14-33(15-13-17)27(36)18-6-9-20(31)10-7-18)8-11-23(21)34-24-5-3-4-22(30)25(24)26(35)32-28(29)34/h3-5,8,11,16-18,20H,6-7,9-10,12-15,31H2,1-2H3. The van der Waals surface area contributed by atoms with Crippen LogP contribution in [0.25, 0.3) is 16.6 Å². The van der Waals surface area contributed by atoms with Crippen molar-refractivity contribution in [3.63, 3.8) is 0 Å². The van der Waals surface area contributed by atoms with Crippen molar-refractivity contribution in [3.8, 4) is 5.69 Å². The summed E-state index contributed by atoms with van der Waals surface area (Å²) in [6.45, 7) is 5.89. The summed E-state index contributed by atoms with van der Waals surface area (Å²) in [5.41, 5.74) is 9.69. The molecule has 0 spiro atoms. The molecule has 1 saturated carbocycles. The zero-order chi connectivity index (χ0) is 25.2. The van der Waals surface area contributed by atoms with Gasteiger partial charge < -0.3 is 10.6 Å². The Kier molecular flexibility index (Phi) is 5.73. The highest BCUT2D eigenvalue weighted by atomic mass is 35.5. The van der Waals surface area contributed by atoms with Gasteiger partial charge in [-0.1, -0.05) is 29.8 Å². The largest absolute Gasteiger partial charge is 0.342 e. The highest BCUT2D eigenvalue weighted by Crippen LogP contribution is 2.45. The van der Waals surface area contributed by atoms with Crippen LogP contribution in [0.15, 0.2) is 41.2 Å². The second-order valence-corrected chi connectivity index (χ2v) is 11.7. The van der Waals surface area contributed by atoms with Gasteiger partial charge in [0.1, 0.15) is 5.82 Å². The van der Waals surface area contributed by atoms with E-state index in [2.05, 4.69) is 46.5 Å². The summed E-state index contributed by atoms with van der Waals surface area (Å²) in [6, 6.07) is 12.5. The molecule has 3 aliphatic rings. The number of hydrogen-bond donors (Lipinski definition) is 1. The summed E-state index contributed by atoms with van der Waals surface area (Å²) in [5.74, 6) is 1.65. The summed E-state index contributed by atoms with van der Waals surface area (Å²) in [5, 5.41) is 0.896. The molecule has 1 aliphatic carbocycles. The van der Waals surface area contributed by atoms with Crippen molar-refractivity contribution >= 4 is 28.4 Å². The van der Waals surface area contributed by atoms with E-state index in [0.29, 0.717) is 22.2 Å². The van der Waals surface area contributed by atoms with E-state index in [9.17, 15) is 9.59 Å². The molecule has 0 bridgehead atoms. The highest BCUT2D eigenvalue weighted by molar-refractivity contribution is 6.35. The summed E-state index contributed by atoms with van der Waals surface area (Å²) >= 11 is 6.39. The van der Waals surface area contributed by atoms with Gasteiger partial charge in [-0.15, -0.1) is 0 Å². The van der Waals surface area contributed by atoms with E-state index in [0.717, 1.165) is 68.6 Å². The number of likely N-dealkylation sites (tertiary alicyclic amines) is 1. The molecule has 7 heteroatoms. The lowest BCUT2D eigenvalue weighted by atomic mass is 9.81. The molecule has 6 nitrogen and oxygen atoms in total. The average Bonchev–Trinajstić information content (AvgIpc) is 3.10. The predicted molar refractivity (Wildman–Crippen MR) is 143 cm³/mol. The van der Waals surface area contributed by atoms with Crippen LogP contribution in [0.1, 0.15) is 75.2 Å². The number of piperidine rings is 1. The monoisotopic (exact) mass is 504 g/mol. The second kappa shape index (κ2) is 8.70. The topological polar surface area (TPSA) is 81.2 Å². The number of carbonyl (C=O) groups excluding carboxylic acids is 1. The minimum absolute atomic E-state index is 0.152. The Morgan fingerprint density at radius 1 is 1.06 bits per heavy atom. The number of nitrogens with two attached hydrogens (primary N) is 1. The van der Waals surface area contributed by atoms with Crippen molar-refractivity contribution in [1.82, 2.24) is 14.5 Å². The summed E-state index contributed by atoms with van der Waals surface area (Å²) < 4.78 is 2.10. The van der Waals surface area contributed by atoms with Crippen LogP contribution in [0.2, 0.25) is 5.02 Å². The molecule has 0 unspecified atom stereocenters. The van der Waals surface area contributed by atoms with E-state index in [1.165, 1.54) is 11.1 Å². The zero-order valence-corrected chi connectivity index (χ0v) is 21.7. The number of rotatable bonds is 2. The van der Waals surface area contributed by atoms with Crippen LogP contribution < -0.4 is 11.3 Å². The smallest absolute Gasteiger partial charge is 0.282 e. The van der Waals surface area contributed by atoms with Crippen molar-refractivity contribution in [3.05, 3.63) is 68.7 Å². The van der Waals surface area contributed by atoms with Crippen LogP contribution in [-0.2, 0) is 10.2 Å². The summed E-state index contributed by atoms with van der Waals surface area (Å²) in [4.78, 5) is 32.5. The first-order chi connectivity index (χ1) is 17.3. The van der Waals surface area contributed by atoms with Crippen LogP contribution >= 0.6 is 11.6 Å². The van der Waals surface area contributed by atoms with Gasteiger partial charge in [-0.3, -0.25) is 14.2 Å². The predicted octanol–water partition coefficient (Wildman–Crippen LogP) is 4.90. The molecular formula is C29H33ClN4O2. The molecule has 3 aromatic rings. The van der Waals surface area contributed by atoms with Gasteiger partial charge >= 0.3 is 0 Å². The number of amides is 1. The number of aromatic nitrogens is 2. The van der Waals surface area contributed by atoms with Crippen molar-refractivity contribution in [2.45, 2.75) is 69.7 Å². The van der Waals surface area contributed by atoms with E-state index in [1.54, 1.807) is 6.07 Å². The average molecular weight is 505 g/mol. The Balaban J connectivity index is 1.27. The first-order valence-corrected chi connectivity index (χ1v) is 13.5. The Morgan fingerprint density at radius 3 is 2.50 bits per heavy atom. The van der Waals surface area contributed by atoms with Crippen LogP contribution in [-0.4, -0.2) is 39.5 Å². The minimum atomic E-state index is -0.403. The molecule has 1 aromatic heterocycles. The molecule has 3 heterocycles. The van der Waals surface area contributed by atoms with Crippen molar-refractivity contribution in [2.75, 3.05) is 13.1 Å². The van der Waals surface area contributed by atoms with E-state index in [4.69, 9.17) is 17.3 Å². The molecule has 0 atom stereocenters. The lowest BCUT2D eigenvalue weighted by molar-refractivity contribution is -0.137. The van der Waals surface area contributed by atoms with E-state index in [1.807, 2.05) is 12.1 Å². The fourth-order valence-corrected chi connectivity index (χ4v) is 6.82. The fraction of sp³-hybridized carbons (Fsp3) is 0.483. The second-order valence-electron chi connectivity index (χ2n) is 11.3. The first-order valence-electron chi connectivity index (χ1n) is 13.2. The maximum Gasteiger partial charge on any atom is 0.282 e. The van der Waals surface area contributed by atoms with Gasteiger partial charge in [-0.2, -0.15) is 4.98 Å². The van der Waals surface area contributed by atoms with Crippen LogP contribution in [0.3, 0.4) is 0 Å². The third kappa shape index (κ3) is 3.69. The SMILES string of the molecule is CC1(C)c2cc(C3CCN(C(=O)C4CCC(N)CC4)CC3)ccc2-n2c1nc(=O)c1c(Cl)cccc12. The van der Waals surface area contributed by atoms with Crippen molar-refractivity contribution in [2.24, 2.45) is 11.7 Å². The van der Waals surface area contributed by atoms with Crippen LogP contribution in [0.4, 0.5) is 0 Å². The Bertz CT molecular complexity index is 1410. The summed E-state index contributed by atoms with van der Waals surface area (Å²) in [6.07, 6.45) is 5.72. The number of nitrogens with zero attached hydrogens (tertiary/aromatic N) is 3. The molecule has 0 radical (unpaired) electrons. The van der Waals surface area contributed by atoms with Crippen molar-refractivity contribution < 1.29 is 4.79 Å². The maximum atomic E-state index is 13.1. The number of carbonyl (C=O) groups is 1. The van der Waals surface area contributed by atoms with E-state index in [-0.39, 0.29) is 17.5 Å². The van der Waals surface area contributed by atoms with E-state index < -0.39 is 5.41 Å². The molecule has 2 fully saturated rings. The minimum Gasteiger partial charge on any atom is -0.342 e. The van der Waals surface area contributed by atoms with Crippen molar-refractivity contribution in [1.29, 1.82) is 0 Å². The molecule has 2 N–H and O–H groups in total. The quantitative estimate of drug-likeness (QED) is 0.538. The third-order valence-electron chi connectivity index (χ3n) is 8.76. The number of benzene rings is 2. The Hall–Kier alpha value is -2.70. The number of fused-ring (bicyclic) bond motifs is 5. The van der Waals surface area contributed by atoms with Gasteiger partial charge in [0.2, 0.25) is 5.91 Å². The van der Waals surface area contributed by atoms with Gasteiger partial charge in [0, 0.05) is 25.0 Å². The molecule has 6 rings (SSSR count). The number of hydrogen-bond acceptors (Lipinski definition) is 4. The van der Waals surface area contributed by atoms with Gasteiger partial charge in [0.25, 0.3) is 5.56 Å². The molecule has 2 aromatic carbocycles. The highest BCUT2D eigenvalue weighted by Gasteiger charge is 2.39.